The van der Waals surface area contributed by atoms with Crippen LogP contribution in [0.5, 0.6) is 0 Å². The highest BCUT2D eigenvalue weighted by Crippen LogP contribution is 2.16. The van der Waals surface area contributed by atoms with E-state index in [4.69, 9.17) is 4.74 Å². The topological polar surface area (TPSA) is 75.7 Å². The van der Waals surface area contributed by atoms with Crippen molar-refractivity contribution in [3.8, 4) is 0 Å². The van der Waals surface area contributed by atoms with Gasteiger partial charge >= 0.3 is 0 Å². The summed E-state index contributed by atoms with van der Waals surface area (Å²) >= 11 is 0. The van der Waals surface area contributed by atoms with Crippen molar-refractivity contribution in [2.24, 2.45) is 0 Å². The standard InChI is InChI=1S/C16H23FN2O4S/c1-23-12-2-3-16(20)19-10-8-14(9-11-19)18-24(21,22)15-6-4-13(17)5-7-15/h4-7,14,18H,2-3,8-12H2,1H3. The van der Waals surface area contributed by atoms with Gasteiger partial charge in [0.25, 0.3) is 0 Å². The van der Waals surface area contributed by atoms with Crippen LogP contribution in [0.1, 0.15) is 25.7 Å². The fraction of sp³-hybridized carbons (Fsp3) is 0.562. The molecule has 0 spiro atoms. The van der Waals surface area contributed by atoms with E-state index in [1.165, 1.54) is 12.1 Å². The van der Waals surface area contributed by atoms with E-state index in [0.29, 0.717) is 45.4 Å². The Morgan fingerprint density at radius 1 is 1.29 bits per heavy atom. The van der Waals surface area contributed by atoms with Gasteiger partial charge in [0.15, 0.2) is 0 Å². The van der Waals surface area contributed by atoms with Gasteiger partial charge in [-0.15, -0.1) is 0 Å². The Balaban J connectivity index is 1.84. The lowest BCUT2D eigenvalue weighted by molar-refractivity contribution is -0.132. The van der Waals surface area contributed by atoms with Crippen LogP contribution in [0.4, 0.5) is 4.39 Å². The van der Waals surface area contributed by atoms with Crippen LogP contribution >= 0.6 is 0 Å². The molecule has 1 N–H and O–H groups in total. The Hall–Kier alpha value is -1.51. The third-order valence-electron chi connectivity index (χ3n) is 4.03. The highest BCUT2D eigenvalue weighted by molar-refractivity contribution is 7.89. The van der Waals surface area contributed by atoms with E-state index in [0.717, 1.165) is 12.1 Å². The molecule has 0 saturated carbocycles. The molecule has 1 aliphatic rings. The average Bonchev–Trinajstić information content (AvgIpc) is 2.55. The number of benzene rings is 1. The van der Waals surface area contributed by atoms with Gasteiger partial charge in [-0.05, 0) is 43.5 Å². The first-order valence-corrected chi connectivity index (χ1v) is 9.45. The Morgan fingerprint density at radius 2 is 1.92 bits per heavy atom. The Kier molecular flexibility index (Phi) is 6.70. The number of piperidine rings is 1. The summed E-state index contributed by atoms with van der Waals surface area (Å²) in [5.74, 6) is -0.402. The molecular weight excluding hydrogens is 335 g/mol. The molecule has 0 unspecified atom stereocenters. The van der Waals surface area contributed by atoms with Gasteiger partial charge < -0.3 is 9.64 Å². The number of carbonyl (C=O) groups excluding carboxylic acids is 1. The molecule has 0 radical (unpaired) electrons. The molecule has 134 valence electrons. The fourth-order valence-corrected chi connectivity index (χ4v) is 3.98. The number of nitrogens with one attached hydrogen (secondary N) is 1. The van der Waals surface area contributed by atoms with E-state index < -0.39 is 15.8 Å². The first-order valence-electron chi connectivity index (χ1n) is 7.97. The lowest BCUT2D eigenvalue weighted by Crippen LogP contribution is -2.46. The molecule has 6 nitrogen and oxygen atoms in total. The van der Waals surface area contributed by atoms with Gasteiger partial charge in [-0.3, -0.25) is 4.79 Å². The number of nitrogens with zero attached hydrogens (tertiary/aromatic N) is 1. The quantitative estimate of drug-likeness (QED) is 0.750. The van der Waals surface area contributed by atoms with Crippen molar-refractivity contribution in [3.05, 3.63) is 30.1 Å². The molecule has 1 aliphatic heterocycles. The van der Waals surface area contributed by atoms with Gasteiger partial charge in [0, 0.05) is 39.3 Å². The predicted octanol–water partition coefficient (Wildman–Crippen LogP) is 1.52. The van der Waals surface area contributed by atoms with E-state index in [1.54, 1.807) is 12.0 Å². The zero-order valence-electron chi connectivity index (χ0n) is 13.7. The van der Waals surface area contributed by atoms with Gasteiger partial charge in [-0.2, -0.15) is 0 Å². The maximum atomic E-state index is 12.9. The second kappa shape index (κ2) is 8.55. The van der Waals surface area contributed by atoms with Gasteiger partial charge in [-0.1, -0.05) is 0 Å². The number of ether oxygens (including phenoxy) is 1. The number of rotatable bonds is 7. The number of amides is 1. The van der Waals surface area contributed by atoms with Crippen molar-refractivity contribution >= 4 is 15.9 Å². The minimum atomic E-state index is -3.67. The van der Waals surface area contributed by atoms with Crippen LogP contribution in [0.15, 0.2) is 29.2 Å². The highest BCUT2D eigenvalue weighted by Gasteiger charge is 2.26. The summed E-state index contributed by atoms with van der Waals surface area (Å²) in [7, 11) is -2.07. The van der Waals surface area contributed by atoms with E-state index >= 15 is 0 Å². The fourth-order valence-electron chi connectivity index (χ4n) is 2.67. The molecule has 1 aromatic rings. The molecule has 2 rings (SSSR count). The second-order valence-electron chi connectivity index (χ2n) is 5.83. The molecule has 8 heteroatoms. The van der Waals surface area contributed by atoms with E-state index in [9.17, 15) is 17.6 Å². The van der Waals surface area contributed by atoms with Gasteiger partial charge in [0.05, 0.1) is 4.90 Å². The molecule has 0 bridgehead atoms. The Labute approximate surface area is 142 Å². The third-order valence-corrected chi connectivity index (χ3v) is 5.57. The Bertz CT molecular complexity index is 641. The number of methoxy groups -OCH3 is 1. The minimum absolute atomic E-state index is 0.0435. The first kappa shape index (κ1) is 18.8. The largest absolute Gasteiger partial charge is 0.385 e. The highest BCUT2D eigenvalue weighted by atomic mass is 32.2. The molecule has 1 saturated heterocycles. The van der Waals surface area contributed by atoms with Gasteiger partial charge in [-0.25, -0.2) is 17.5 Å². The molecule has 1 heterocycles. The number of carbonyl (C=O) groups is 1. The van der Waals surface area contributed by atoms with Crippen LogP contribution in [-0.4, -0.2) is 52.1 Å². The number of hydrogen-bond donors (Lipinski definition) is 1. The molecule has 1 amide bonds. The van der Waals surface area contributed by atoms with Crippen molar-refractivity contribution in [1.82, 2.24) is 9.62 Å². The summed E-state index contributed by atoms with van der Waals surface area (Å²) in [6, 6.07) is 4.51. The van der Waals surface area contributed by atoms with Crippen LogP contribution in [-0.2, 0) is 19.6 Å². The summed E-state index contributed by atoms with van der Waals surface area (Å²) in [5.41, 5.74) is 0. The number of likely N-dealkylation sites (tertiary alicyclic amines) is 1. The first-order chi connectivity index (χ1) is 11.4. The normalized spacial score (nSPS) is 16.3. The molecule has 1 fully saturated rings. The summed E-state index contributed by atoms with van der Waals surface area (Å²) in [5, 5.41) is 0. The lowest BCUT2D eigenvalue weighted by atomic mass is 10.1. The zero-order valence-corrected chi connectivity index (χ0v) is 14.5. The van der Waals surface area contributed by atoms with E-state index in [2.05, 4.69) is 4.72 Å². The van der Waals surface area contributed by atoms with Crippen molar-refractivity contribution in [3.63, 3.8) is 0 Å². The van der Waals surface area contributed by atoms with Crippen LogP contribution < -0.4 is 4.72 Å². The summed E-state index contributed by atoms with van der Waals surface area (Å²) < 4.78 is 45.0. The molecule has 24 heavy (non-hydrogen) atoms. The molecular formula is C16H23FN2O4S. The minimum Gasteiger partial charge on any atom is -0.385 e. The van der Waals surface area contributed by atoms with Crippen molar-refractivity contribution in [2.45, 2.75) is 36.6 Å². The summed E-state index contributed by atoms with van der Waals surface area (Å²) in [6.07, 6.45) is 2.26. The maximum Gasteiger partial charge on any atom is 0.240 e. The maximum absolute atomic E-state index is 12.9. The SMILES string of the molecule is COCCCC(=O)N1CCC(NS(=O)(=O)c2ccc(F)cc2)CC1. The van der Waals surface area contributed by atoms with E-state index in [1.807, 2.05) is 0 Å². The zero-order chi connectivity index (χ0) is 17.6. The van der Waals surface area contributed by atoms with Crippen LogP contribution in [0, 0.1) is 5.82 Å². The van der Waals surface area contributed by atoms with Crippen molar-refractivity contribution in [1.29, 1.82) is 0 Å². The molecule has 0 aromatic heterocycles. The predicted molar refractivity (Wildman–Crippen MR) is 87.4 cm³/mol. The number of sulfonamides is 1. The van der Waals surface area contributed by atoms with Crippen molar-refractivity contribution in [2.75, 3.05) is 26.8 Å². The van der Waals surface area contributed by atoms with Gasteiger partial charge in [0.2, 0.25) is 15.9 Å². The van der Waals surface area contributed by atoms with Gasteiger partial charge in [0.1, 0.15) is 5.82 Å². The Morgan fingerprint density at radius 3 is 2.50 bits per heavy atom. The van der Waals surface area contributed by atoms with Crippen LogP contribution in [0.3, 0.4) is 0 Å². The van der Waals surface area contributed by atoms with Crippen molar-refractivity contribution < 1.29 is 22.3 Å². The summed E-state index contributed by atoms with van der Waals surface area (Å²) in [6.45, 7) is 1.62. The van der Waals surface area contributed by atoms with Crippen LogP contribution in [0.25, 0.3) is 0 Å². The molecule has 0 atom stereocenters. The number of halogens is 1. The second-order valence-corrected chi connectivity index (χ2v) is 7.54. The smallest absolute Gasteiger partial charge is 0.240 e. The van der Waals surface area contributed by atoms with E-state index in [-0.39, 0.29) is 16.8 Å². The van der Waals surface area contributed by atoms with Crippen LogP contribution in [0.2, 0.25) is 0 Å². The summed E-state index contributed by atoms with van der Waals surface area (Å²) in [4.78, 5) is 13.8. The monoisotopic (exact) mass is 358 g/mol. The third kappa shape index (κ3) is 5.25. The average molecular weight is 358 g/mol. The lowest BCUT2D eigenvalue weighted by Gasteiger charge is -2.32. The molecule has 1 aromatic carbocycles. The molecule has 0 aliphatic carbocycles. The number of hydrogen-bond acceptors (Lipinski definition) is 4.